The van der Waals surface area contributed by atoms with E-state index in [1.54, 1.807) is 38.5 Å². The number of ether oxygens (including phenoxy) is 2. The van der Waals surface area contributed by atoms with Crippen molar-refractivity contribution in [3.8, 4) is 11.5 Å². The number of aliphatic hydroxyl groups excluding tert-OH is 1. The van der Waals surface area contributed by atoms with Crippen molar-refractivity contribution < 1.29 is 19.0 Å². The minimum Gasteiger partial charge on any atom is -0.493 e. The average Bonchev–Trinajstić information content (AvgIpc) is 2.59. The van der Waals surface area contributed by atoms with Crippen molar-refractivity contribution in [2.75, 3.05) is 14.2 Å². The molecule has 2 rings (SSSR count). The molecule has 0 aliphatic heterocycles. The van der Waals surface area contributed by atoms with Gasteiger partial charge in [-0.05, 0) is 41.7 Å². The smallest absolute Gasteiger partial charge is 0.161 e. The van der Waals surface area contributed by atoms with Crippen LogP contribution in [0.25, 0.3) is 0 Å². The molecule has 0 amide bonds. The van der Waals surface area contributed by atoms with Gasteiger partial charge in [0.15, 0.2) is 11.5 Å². The van der Waals surface area contributed by atoms with Crippen LogP contribution >= 0.6 is 0 Å². The molecule has 1 atom stereocenters. The molecule has 0 saturated heterocycles. The Hall–Kier alpha value is -2.07. The molecule has 4 heteroatoms. The summed E-state index contributed by atoms with van der Waals surface area (Å²) in [6, 6.07) is 12.8. The van der Waals surface area contributed by atoms with Gasteiger partial charge in [0.05, 0.1) is 20.3 Å². The van der Waals surface area contributed by atoms with Crippen LogP contribution in [-0.4, -0.2) is 19.3 Å². The lowest BCUT2D eigenvalue weighted by molar-refractivity contribution is 0.167. The summed E-state index contributed by atoms with van der Waals surface area (Å²) in [7, 11) is 3.15. The molecule has 0 heterocycles. The third-order valence-electron chi connectivity index (χ3n) is 3.68. The van der Waals surface area contributed by atoms with E-state index in [0.29, 0.717) is 23.5 Å². The Bertz CT molecular complexity index is 596. The fraction of sp³-hybridized carbons (Fsp3) is 0.333. The van der Waals surface area contributed by atoms with E-state index in [0.717, 1.165) is 17.5 Å². The highest BCUT2D eigenvalue weighted by Crippen LogP contribution is 2.31. The van der Waals surface area contributed by atoms with E-state index in [2.05, 4.69) is 0 Å². The lowest BCUT2D eigenvalue weighted by atomic mass is 10.0. The number of hydrogen-bond acceptors (Lipinski definition) is 3. The van der Waals surface area contributed by atoms with Crippen molar-refractivity contribution in [1.82, 2.24) is 0 Å². The zero-order valence-corrected chi connectivity index (χ0v) is 12.9. The largest absolute Gasteiger partial charge is 0.493 e. The van der Waals surface area contributed by atoms with Crippen molar-refractivity contribution >= 4 is 0 Å². The predicted molar refractivity (Wildman–Crippen MR) is 84.1 cm³/mol. The van der Waals surface area contributed by atoms with Crippen molar-refractivity contribution in [2.24, 2.45) is 0 Å². The first kappa shape index (κ1) is 16.3. The van der Waals surface area contributed by atoms with Gasteiger partial charge >= 0.3 is 0 Å². The minimum atomic E-state index is -0.583. The summed E-state index contributed by atoms with van der Waals surface area (Å²) in [6.45, 7) is -0.450. The predicted octanol–water partition coefficient (Wildman–Crippen LogP) is 3.84. The summed E-state index contributed by atoms with van der Waals surface area (Å²) in [5, 5.41) is 10.3. The molecule has 2 aromatic rings. The quantitative estimate of drug-likeness (QED) is 0.844. The molecule has 0 aromatic heterocycles. The monoisotopic (exact) mass is 304 g/mol. The maximum Gasteiger partial charge on any atom is 0.161 e. The third kappa shape index (κ3) is 3.98. The maximum absolute atomic E-state index is 12.5. The van der Waals surface area contributed by atoms with Crippen LogP contribution in [0.3, 0.4) is 0 Å². The van der Waals surface area contributed by atoms with E-state index >= 15 is 0 Å². The topological polar surface area (TPSA) is 38.7 Å². The van der Waals surface area contributed by atoms with Crippen LogP contribution in [-0.2, 0) is 13.1 Å². The summed E-state index contributed by atoms with van der Waals surface area (Å²) < 4.78 is 22.9. The second-order valence-electron chi connectivity index (χ2n) is 5.12. The summed E-state index contributed by atoms with van der Waals surface area (Å²) in [5.41, 5.74) is 2.54. The number of rotatable bonds is 7. The Kier molecular flexibility index (Phi) is 5.78. The van der Waals surface area contributed by atoms with Crippen molar-refractivity contribution in [1.29, 1.82) is 0 Å². The second kappa shape index (κ2) is 7.80. The van der Waals surface area contributed by atoms with Gasteiger partial charge in [0.25, 0.3) is 0 Å². The van der Waals surface area contributed by atoms with Crippen LogP contribution in [0.15, 0.2) is 42.5 Å². The van der Waals surface area contributed by atoms with E-state index in [9.17, 15) is 9.50 Å². The first-order chi connectivity index (χ1) is 10.7. The summed E-state index contributed by atoms with van der Waals surface area (Å²) in [4.78, 5) is 0. The zero-order valence-electron chi connectivity index (χ0n) is 12.9. The lowest BCUT2D eigenvalue weighted by Gasteiger charge is -2.14. The Balaban J connectivity index is 2.00. The third-order valence-corrected chi connectivity index (χ3v) is 3.68. The first-order valence-electron chi connectivity index (χ1n) is 7.21. The van der Waals surface area contributed by atoms with Crippen LogP contribution in [0.5, 0.6) is 11.5 Å². The molecule has 118 valence electrons. The van der Waals surface area contributed by atoms with Gasteiger partial charge in [-0.1, -0.05) is 30.3 Å². The van der Waals surface area contributed by atoms with Gasteiger partial charge in [0, 0.05) is 0 Å². The molecule has 2 aromatic carbocycles. The van der Waals surface area contributed by atoms with E-state index < -0.39 is 12.8 Å². The standard InChI is InChI=1S/C18H21FO3/c1-21-17-10-8-15(11-18(17)22-2)16(20)9-7-13-3-5-14(12-19)6-4-13/h3-6,8,10-11,16,20H,7,9,12H2,1-2H3. The number of benzene rings is 2. The highest BCUT2D eigenvalue weighted by molar-refractivity contribution is 5.43. The van der Waals surface area contributed by atoms with Crippen LogP contribution in [0, 0.1) is 0 Å². The molecular formula is C18H21FO3. The van der Waals surface area contributed by atoms with Crippen LogP contribution < -0.4 is 9.47 Å². The number of aliphatic hydroxyl groups is 1. The zero-order chi connectivity index (χ0) is 15.9. The average molecular weight is 304 g/mol. The molecule has 0 fully saturated rings. The van der Waals surface area contributed by atoms with Crippen LogP contribution in [0.2, 0.25) is 0 Å². The molecule has 0 spiro atoms. The number of aryl methyl sites for hydroxylation is 1. The Labute approximate surface area is 130 Å². The Morgan fingerprint density at radius 2 is 1.59 bits per heavy atom. The minimum absolute atomic E-state index is 0.450. The number of alkyl halides is 1. The van der Waals surface area contributed by atoms with Gasteiger partial charge in [0.1, 0.15) is 6.67 Å². The Morgan fingerprint density at radius 3 is 2.18 bits per heavy atom. The molecule has 22 heavy (non-hydrogen) atoms. The van der Waals surface area contributed by atoms with E-state index in [1.807, 2.05) is 18.2 Å². The maximum atomic E-state index is 12.5. The van der Waals surface area contributed by atoms with E-state index in [4.69, 9.17) is 9.47 Å². The van der Waals surface area contributed by atoms with Gasteiger partial charge in [-0.15, -0.1) is 0 Å². The summed E-state index contributed by atoms with van der Waals surface area (Å²) in [6.07, 6.45) is 0.729. The fourth-order valence-electron chi connectivity index (χ4n) is 2.33. The van der Waals surface area contributed by atoms with Gasteiger partial charge < -0.3 is 14.6 Å². The number of methoxy groups -OCH3 is 2. The SMILES string of the molecule is COc1ccc(C(O)CCc2ccc(CF)cc2)cc1OC. The van der Waals surface area contributed by atoms with Crippen LogP contribution in [0.1, 0.15) is 29.2 Å². The van der Waals surface area contributed by atoms with Crippen molar-refractivity contribution in [3.05, 3.63) is 59.2 Å². The molecular weight excluding hydrogens is 283 g/mol. The van der Waals surface area contributed by atoms with Crippen LogP contribution in [0.4, 0.5) is 4.39 Å². The summed E-state index contributed by atoms with van der Waals surface area (Å²) >= 11 is 0. The molecule has 0 saturated carbocycles. The molecule has 1 N–H and O–H groups in total. The second-order valence-corrected chi connectivity index (χ2v) is 5.12. The first-order valence-corrected chi connectivity index (χ1v) is 7.21. The number of hydrogen-bond donors (Lipinski definition) is 1. The molecule has 0 radical (unpaired) electrons. The molecule has 0 aliphatic carbocycles. The summed E-state index contributed by atoms with van der Waals surface area (Å²) in [5.74, 6) is 1.24. The van der Waals surface area contributed by atoms with E-state index in [-0.39, 0.29) is 0 Å². The van der Waals surface area contributed by atoms with Crippen molar-refractivity contribution in [3.63, 3.8) is 0 Å². The highest BCUT2D eigenvalue weighted by atomic mass is 19.1. The highest BCUT2D eigenvalue weighted by Gasteiger charge is 2.12. The lowest BCUT2D eigenvalue weighted by Crippen LogP contribution is -2.01. The Morgan fingerprint density at radius 1 is 0.955 bits per heavy atom. The molecule has 0 aliphatic rings. The van der Waals surface area contributed by atoms with Gasteiger partial charge in [0.2, 0.25) is 0 Å². The number of halogens is 1. The van der Waals surface area contributed by atoms with Gasteiger partial charge in [-0.2, -0.15) is 0 Å². The molecule has 3 nitrogen and oxygen atoms in total. The van der Waals surface area contributed by atoms with E-state index in [1.165, 1.54) is 0 Å². The van der Waals surface area contributed by atoms with Gasteiger partial charge in [-0.25, -0.2) is 4.39 Å². The normalized spacial score (nSPS) is 12.0. The molecule has 0 bridgehead atoms. The fourth-order valence-corrected chi connectivity index (χ4v) is 2.33. The van der Waals surface area contributed by atoms with Crippen molar-refractivity contribution in [2.45, 2.75) is 25.6 Å². The molecule has 1 unspecified atom stereocenters. The van der Waals surface area contributed by atoms with Gasteiger partial charge in [-0.3, -0.25) is 0 Å².